The van der Waals surface area contributed by atoms with E-state index in [1.807, 2.05) is 16.8 Å². The smallest absolute Gasteiger partial charge is 0.404 e. The summed E-state index contributed by atoms with van der Waals surface area (Å²) in [5.74, 6) is -0.158. The minimum absolute atomic E-state index is 0.0880. The lowest BCUT2D eigenvalue weighted by atomic mass is 10.1. The number of ketones is 1. The molecule has 1 saturated heterocycles. The maximum atomic E-state index is 12.3. The molecule has 2 heterocycles. The first kappa shape index (κ1) is 17.4. The molecule has 8 heteroatoms. The Kier molecular flexibility index (Phi) is 5.62. The van der Waals surface area contributed by atoms with Crippen LogP contribution >= 0.6 is 0 Å². The first-order valence-electron chi connectivity index (χ1n) is 8.32. The van der Waals surface area contributed by atoms with Crippen LogP contribution in [0.5, 0.6) is 0 Å². The third-order valence-corrected chi connectivity index (χ3v) is 4.10. The Morgan fingerprint density at radius 3 is 3.04 bits per heavy atom. The lowest BCUT2D eigenvalue weighted by molar-refractivity contribution is -0.0366. The van der Waals surface area contributed by atoms with Gasteiger partial charge < -0.3 is 19.9 Å². The third-order valence-electron chi connectivity index (χ3n) is 4.10. The van der Waals surface area contributed by atoms with Crippen molar-refractivity contribution in [2.24, 2.45) is 0 Å². The van der Waals surface area contributed by atoms with Crippen molar-refractivity contribution >= 4 is 22.8 Å². The van der Waals surface area contributed by atoms with Gasteiger partial charge >= 0.3 is 6.09 Å². The van der Waals surface area contributed by atoms with Crippen LogP contribution in [-0.4, -0.2) is 53.1 Å². The van der Waals surface area contributed by atoms with Crippen LogP contribution in [0.3, 0.4) is 0 Å². The number of benzene rings is 1. The van der Waals surface area contributed by atoms with E-state index in [0.717, 1.165) is 36.8 Å². The zero-order chi connectivity index (χ0) is 17.6. The molecule has 2 N–H and O–H groups in total. The van der Waals surface area contributed by atoms with Gasteiger partial charge in [-0.1, -0.05) is 12.1 Å². The average molecular weight is 347 g/mol. The van der Waals surface area contributed by atoms with Gasteiger partial charge in [0.25, 0.3) is 0 Å². The molecule has 0 radical (unpaired) electrons. The van der Waals surface area contributed by atoms with Crippen LogP contribution in [0.2, 0.25) is 0 Å². The molecule has 1 fully saturated rings. The third kappa shape index (κ3) is 4.34. The van der Waals surface area contributed by atoms with Crippen molar-refractivity contribution in [2.45, 2.75) is 25.5 Å². The fraction of sp³-hybridized carbons (Fsp3) is 0.471. The van der Waals surface area contributed by atoms with Crippen molar-refractivity contribution in [3.05, 3.63) is 30.0 Å². The number of Topliss-reactive ketones (excluding diaryl/α,β-unsaturated/α-hetero) is 1. The van der Waals surface area contributed by atoms with Crippen LogP contribution < -0.4 is 5.32 Å². The molecule has 1 atom stereocenters. The number of aromatic nitrogens is 2. The maximum Gasteiger partial charge on any atom is 0.404 e. The van der Waals surface area contributed by atoms with Crippen molar-refractivity contribution in [1.82, 2.24) is 15.1 Å². The minimum atomic E-state index is -1.11. The summed E-state index contributed by atoms with van der Waals surface area (Å²) in [5.41, 5.74) is 1.40. The quantitative estimate of drug-likeness (QED) is 0.588. The molecular weight excluding hydrogens is 326 g/mol. The van der Waals surface area contributed by atoms with Crippen molar-refractivity contribution in [1.29, 1.82) is 0 Å². The summed E-state index contributed by atoms with van der Waals surface area (Å²) in [4.78, 5) is 22.6. The first-order chi connectivity index (χ1) is 12.1. The number of fused-ring (bicyclic) bond motifs is 1. The molecule has 1 unspecified atom stereocenters. The molecule has 3 rings (SSSR count). The van der Waals surface area contributed by atoms with Gasteiger partial charge in [0.2, 0.25) is 0 Å². The van der Waals surface area contributed by atoms with E-state index in [1.54, 1.807) is 12.3 Å². The highest BCUT2D eigenvalue weighted by atomic mass is 16.5. The van der Waals surface area contributed by atoms with E-state index in [4.69, 9.17) is 14.6 Å². The second kappa shape index (κ2) is 8.09. The monoisotopic (exact) mass is 347 g/mol. The van der Waals surface area contributed by atoms with Crippen LogP contribution in [0, 0.1) is 0 Å². The number of nitrogens with zero attached hydrogens (tertiary/aromatic N) is 2. The topological polar surface area (TPSA) is 103 Å². The van der Waals surface area contributed by atoms with Crippen molar-refractivity contribution in [2.75, 3.05) is 26.4 Å². The molecule has 134 valence electrons. The summed E-state index contributed by atoms with van der Waals surface area (Å²) in [6, 6.07) is 5.42. The molecule has 0 saturated carbocycles. The second-order valence-corrected chi connectivity index (χ2v) is 5.89. The van der Waals surface area contributed by atoms with Gasteiger partial charge in [0.15, 0.2) is 12.0 Å². The lowest BCUT2D eigenvalue weighted by Gasteiger charge is -2.23. The zero-order valence-electron chi connectivity index (χ0n) is 13.8. The number of carbonyl (C=O) groups is 2. The number of hydrogen-bond donors (Lipinski definition) is 2. The molecule has 1 aromatic carbocycles. The van der Waals surface area contributed by atoms with E-state index in [9.17, 15) is 9.59 Å². The largest absolute Gasteiger partial charge is 0.465 e. The lowest BCUT2D eigenvalue weighted by Crippen LogP contribution is -2.26. The van der Waals surface area contributed by atoms with Gasteiger partial charge in [0.1, 0.15) is 6.61 Å². The van der Waals surface area contributed by atoms with Crippen LogP contribution in [0.1, 0.15) is 35.8 Å². The predicted octanol–water partition coefficient (Wildman–Crippen LogP) is 2.20. The number of hydrogen-bond acceptors (Lipinski definition) is 5. The number of carboxylic acid groups (broad SMARTS) is 1. The van der Waals surface area contributed by atoms with Gasteiger partial charge in [0, 0.05) is 24.1 Å². The average Bonchev–Trinajstić information content (AvgIpc) is 3.05. The first-order valence-corrected chi connectivity index (χ1v) is 8.32. The van der Waals surface area contributed by atoms with Crippen molar-refractivity contribution < 1.29 is 24.2 Å². The minimum Gasteiger partial charge on any atom is -0.465 e. The van der Waals surface area contributed by atoms with E-state index in [1.165, 1.54) is 0 Å². The van der Waals surface area contributed by atoms with Gasteiger partial charge in [0.05, 0.1) is 18.3 Å². The molecule has 25 heavy (non-hydrogen) atoms. The van der Waals surface area contributed by atoms with Crippen LogP contribution in [0.4, 0.5) is 4.79 Å². The fourth-order valence-corrected chi connectivity index (χ4v) is 2.84. The maximum absolute atomic E-state index is 12.3. The summed E-state index contributed by atoms with van der Waals surface area (Å²) in [5, 5.41) is 16.0. The SMILES string of the molecule is O=C(O)NCCOCC(=O)c1ccc2cnn(C3CCCCO3)c2c1. The summed E-state index contributed by atoms with van der Waals surface area (Å²) in [6.07, 6.45) is 3.65. The molecule has 1 aliphatic rings. The van der Waals surface area contributed by atoms with E-state index >= 15 is 0 Å². The van der Waals surface area contributed by atoms with Gasteiger partial charge in [-0.3, -0.25) is 4.79 Å². The zero-order valence-corrected chi connectivity index (χ0v) is 13.8. The van der Waals surface area contributed by atoms with Gasteiger partial charge in [-0.25, -0.2) is 9.48 Å². The number of nitrogens with one attached hydrogen (secondary N) is 1. The van der Waals surface area contributed by atoms with E-state index in [0.29, 0.717) is 5.56 Å². The summed E-state index contributed by atoms with van der Waals surface area (Å²) < 4.78 is 12.8. The van der Waals surface area contributed by atoms with Crippen molar-refractivity contribution in [3.63, 3.8) is 0 Å². The number of ether oxygens (including phenoxy) is 2. The highest BCUT2D eigenvalue weighted by molar-refractivity contribution is 6.00. The molecular formula is C17H21N3O5. The Labute approximate surface area is 144 Å². The molecule has 8 nitrogen and oxygen atoms in total. The number of carbonyl (C=O) groups excluding carboxylic acids is 1. The van der Waals surface area contributed by atoms with E-state index in [2.05, 4.69) is 10.4 Å². The standard InChI is InChI=1S/C17H21N3O5/c21-15(11-24-8-6-18-17(22)23)12-4-5-13-10-19-20(14(13)9-12)16-3-1-2-7-25-16/h4-5,9-10,16,18H,1-3,6-8,11H2,(H,22,23). The van der Waals surface area contributed by atoms with Crippen LogP contribution in [0.25, 0.3) is 10.9 Å². The van der Waals surface area contributed by atoms with Gasteiger partial charge in [-0.15, -0.1) is 0 Å². The number of rotatable bonds is 7. The molecule has 1 aliphatic heterocycles. The Bertz CT molecular complexity index is 752. The summed E-state index contributed by atoms with van der Waals surface area (Å²) in [7, 11) is 0. The van der Waals surface area contributed by atoms with Gasteiger partial charge in [-0.05, 0) is 25.3 Å². The Hall–Kier alpha value is -2.45. The normalized spacial score (nSPS) is 17.5. The highest BCUT2D eigenvalue weighted by Gasteiger charge is 2.19. The summed E-state index contributed by atoms with van der Waals surface area (Å²) >= 11 is 0. The van der Waals surface area contributed by atoms with E-state index in [-0.39, 0.29) is 31.8 Å². The highest BCUT2D eigenvalue weighted by Crippen LogP contribution is 2.26. The van der Waals surface area contributed by atoms with Gasteiger partial charge in [-0.2, -0.15) is 5.10 Å². The Morgan fingerprint density at radius 2 is 2.28 bits per heavy atom. The Morgan fingerprint density at radius 1 is 1.40 bits per heavy atom. The number of amides is 1. The molecule has 0 aliphatic carbocycles. The Balaban J connectivity index is 1.65. The molecule has 0 spiro atoms. The van der Waals surface area contributed by atoms with Crippen LogP contribution in [-0.2, 0) is 9.47 Å². The molecule has 0 bridgehead atoms. The van der Waals surface area contributed by atoms with E-state index < -0.39 is 6.09 Å². The molecule has 1 aromatic heterocycles. The molecule has 2 aromatic rings. The second-order valence-electron chi connectivity index (χ2n) is 5.89. The summed E-state index contributed by atoms with van der Waals surface area (Å²) in [6.45, 7) is 0.922. The van der Waals surface area contributed by atoms with Crippen molar-refractivity contribution in [3.8, 4) is 0 Å². The van der Waals surface area contributed by atoms with Crippen LogP contribution in [0.15, 0.2) is 24.4 Å². The predicted molar refractivity (Wildman–Crippen MR) is 89.8 cm³/mol. The fourth-order valence-electron chi connectivity index (χ4n) is 2.84. The molecule has 1 amide bonds.